The van der Waals surface area contributed by atoms with Crippen LogP contribution < -0.4 is 10.5 Å². The van der Waals surface area contributed by atoms with E-state index in [1.54, 1.807) is 12.1 Å². The fourth-order valence-electron chi connectivity index (χ4n) is 1.58. The van der Waals surface area contributed by atoms with Crippen LogP contribution in [0.4, 0.5) is 5.69 Å². The van der Waals surface area contributed by atoms with Gasteiger partial charge in [-0.1, -0.05) is 29.3 Å². The van der Waals surface area contributed by atoms with E-state index in [1.165, 1.54) is 6.07 Å². The molecule has 0 spiro atoms. The van der Waals surface area contributed by atoms with E-state index in [1.807, 2.05) is 13.8 Å². The van der Waals surface area contributed by atoms with Crippen LogP contribution in [0.25, 0.3) is 0 Å². The summed E-state index contributed by atoms with van der Waals surface area (Å²) < 4.78 is 27.5. The number of nitrogens with two attached hydrogens (primary N) is 1. The minimum absolute atomic E-state index is 0.0898. The second kappa shape index (κ2) is 5.84. The quantitative estimate of drug-likeness (QED) is 0.819. The molecule has 6 heteroatoms. The Morgan fingerprint density at radius 3 is 2.65 bits per heavy atom. The van der Waals surface area contributed by atoms with Gasteiger partial charge in [-0.3, -0.25) is 0 Å². The van der Waals surface area contributed by atoms with Crippen molar-refractivity contribution in [1.82, 2.24) is 4.72 Å². The molecule has 0 aromatic heterocycles. The molecular weight excluding hydrogens is 304 g/mol. The van der Waals surface area contributed by atoms with E-state index in [2.05, 4.69) is 20.7 Å². The van der Waals surface area contributed by atoms with Crippen molar-refractivity contribution in [2.75, 3.05) is 5.73 Å². The summed E-state index contributed by atoms with van der Waals surface area (Å²) >= 11 is 3.24. The largest absolute Gasteiger partial charge is 0.398 e. The second-order valence-electron chi connectivity index (χ2n) is 3.99. The SMILES string of the molecule is CCCC(C)NS(=O)(=O)c1ccc(Br)cc1N. The Labute approximate surface area is 111 Å². The summed E-state index contributed by atoms with van der Waals surface area (Å²) in [5, 5.41) is 0. The lowest BCUT2D eigenvalue weighted by Crippen LogP contribution is -2.32. The maximum atomic E-state index is 12.0. The van der Waals surface area contributed by atoms with Crippen molar-refractivity contribution in [3.05, 3.63) is 22.7 Å². The van der Waals surface area contributed by atoms with Crippen molar-refractivity contribution >= 4 is 31.6 Å². The highest BCUT2D eigenvalue weighted by Crippen LogP contribution is 2.22. The molecule has 0 aliphatic carbocycles. The molecule has 0 saturated heterocycles. The van der Waals surface area contributed by atoms with E-state index in [0.29, 0.717) is 0 Å². The fraction of sp³-hybridized carbons (Fsp3) is 0.455. The number of anilines is 1. The van der Waals surface area contributed by atoms with Crippen LogP contribution in [0.2, 0.25) is 0 Å². The summed E-state index contributed by atoms with van der Waals surface area (Å²) in [4.78, 5) is 0.128. The summed E-state index contributed by atoms with van der Waals surface area (Å²) in [5.41, 5.74) is 5.95. The Kier molecular flexibility index (Phi) is 4.97. The van der Waals surface area contributed by atoms with Crippen LogP contribution in [0.3, 0.4) is 0 Å². The van der Waals surface area contributed by atoms with Gasteiger partial charge in [0.2, 0.25) is 10.0 Å². The van der Waals surface area contributed by atoms with E-state index >= 15 is 0 Å². The summed E-state index contributed by atoms with van der Waals surface area (Å²) in [7, 11) is -3.52. The van der Waals surface area contributed by atoms with Crippen molar-refractivity contribution < 1.29 is 8.42 Å². The average Bonchev–Trinajstić information content (AvgIpc) is 2.15. The molecule has 1 unspecified atom stereocenters. The smallest absolute Gasteiger partial charge is 0.242 e. The molecule has 3 N–H and O–H groups in total. The number of halogens is 1. The molecule has 1 aromatic rings. The first-order valence-electron chi connectivity index (χ1n) is 5.44. The van der Waals surface area contributed by atoms with Crippen LogP contribution in [-0.4, -0.2) is 14.5 Å². The standard InChI is InChI=1S/C11H17BrN2O2S/c1-3-4-8(2)14-17(15,16)11-6-5-9(12)7-10(11)13/h5-8,14H,3-4,13H2,1-2H3. The third-order valence-corrected chi connectivity index (χ3v) is 4.50. The van der Waals surface area contributed by atoms with Crippen LogP contribution in [0.15, 0.2) is 27.6 Å². The van der Waals surface area contributed by atoms with E-state index in [9.17, 15) is 8.42 Å². The molecule has 1 aromatic carbocycles. The average molecular weight is 321 g/mol. The number of benzene rings is 1. The monoisotopic (exact) mass is 320 g/mol. The third-order valence-electron chi connectivity index (χ3n) is 2.34. The van der Waals surface area contributed by atoms with Gasteiger partial charge in [0.15, 0.2) is 0 Å². The van der Waals surface area contributed by atoms with Crippen molar-refractivity contribution in [2.45, 2.75) is 37.6 Å². The molecule has 0 radical (unpaired) electrons. The van der Waals surface area contributed by atoms with Gasteiger partial charge in [0.1, 0.15) is 4.90 Å². The normalized spacial score (nSPS) is 13.6. The van der Waals surface area contributed by atoms with Crippen LogP contribution in [-0.2, 0) is 10.0 Å². The highest BCUT2D eigenvalue weighted by atomic mass is 79.9. The van der Waals surface area contributed by atoms with Crippen LogP contribution >= 0.6 is 15.9 Å². The minimum Gasteiger partial charge on any atom is -0.398 e. The first-order valence-corrected chi connectivity index (χ1v) is 7.71. The van der Waals surface area contributed by atoms with Crippen molar-refractivity contribution in [2.24, 2.45) is 0 Å². The molecule has 0 amide bonds. The molecule has 1 atom stereocenters. The van der Waals surface area contributed by atoms with Crippen molar-refractivity contribution in [3.8, 4) is 0 Å². The van der Waals surface area contributed by atoms with E-state index in [4.69, 9.17) is 5.73 Å². The van der Waals surface area contributed by atoms with Crippen LogP contribution in [0.1, 0.15) is 26.7 Å². The van der Waals surface area contributed by atoms with Gasteiger partial charge in [0.25, 0.3) is 0 Å². The molecule has 0 fully saturated rings. The van der Waals surface area contributed by atoms with Crippen LogP contribution in [0, 0.1) is 0 Å². The second-order valence-corrected chi connectivity index (χ2v) is 6.59. The van der Waals surface area contributed by atoms with Gasteiger partial charge in [-0.25, -0.2) is 13.1 Å². The maximum Gasteiger partial charge on any atom is 0.242 e. The van der Waals surface area contributed by atoms with Gasteiger partial charge < -0.3 is 5.73 Å². The molecule has 0 aliphatic rings. The lowest BCUT2D eigenvalue weighted by atomic mass is 10.2. The van der Waals surface area contributed by atoms with Gasteiger partial charge in [0.05, 0.1) is 5.69 Å². The zero-order chi connectivity index (χ0) is 13.1. The van der Waals surface area contributed by atoms with Gasteiger partial charge in [-0.05, 0) is 31.5 Å². The number of sulfonamides is 1. The van der Waals surface area contributed by atoms with Crippen LogP contribution in [0.5, 0.6) is 0 Å². The van der Waals surface area contributed by atoms with Crippen molar-refractivity contribution in [3.63, 3.8) is 0 Å². The lowest BCUT2D eigenvalue weighted by molar-refractivity contribution is 0.544. The molecule has 1 rings (SSSR count). The highest BCUT2D eigenvalue weighted by molar-refractivity contribution is 9.10. The van der Waals surface area contributed by atoms with Gasteiger partial charge >= 0.3 is 0 Å². The third kappa shape index (κ3) is 3.97. The van der Waals surface area contributed by atoms with E-state index in [0.717, 1.165) is 17.3 Å². The Balaban J connectivity index is 2.97. The molecule has 0 bridgehead atoms. The van der Waals surface area contributed by atoms with Gasteiger partial charge in [-0.2, -0.15) is 0 Å². The Hall–Kier alpha value is -0.590. The Morgan fingerprint density at radius 2 is 2.12 bits per heavy atom. The fourth-order valence-corrected chi connectivity index (χ4v) is 3.35. The zero-order valence-corrected chi connectivity index (χ0v) is 12.3. The topological polar surface area (TPSA) is 72.2 Å². The molecule has 17 heavy (non-hydrogen) atoms. The minimum atomic E-state index is -3.52. The summed E-state index contributed by atoms with van der Waals surface area (Å²) in [6.07, 6.45) is 1.73. The Bertz CT molecular complexity index is 488. The molecule has 0 heterocycles. The predicted molar refractivity (Wildman–Crippen MR) is 73.2 cm³/mol. The molecule has 4 nitrogen and oxygen atoms in total. The predicted octanol–water partition coefficient (Wildman–Crippen LogP) is 2.50. The number of nitrogens with one attached hydrogen (secondary N) is 1. The lowest BCUT2D eigenvalue weighted by Gasteiger charge is -2.14. The van der Waals surface area contributed by atoms with Gasteiger partial charge in [0, 0.05) is 10.5 Å². The first kappa shape index (κ1) is 14.5. The number of hydrogen-bond acceptors (Lipinski definition) is 3. The summed E-state index contributed by atoms with van der Waals surface area (Å²) in [5.74, 6) is 0. The van der Waals surface area contributed by atoms with E-state index in [-0.39, 0.29) is 16.6 Å². The first-order chi connectivity index (χ1) is 7.86. The molecule has 0 saturated carbocycles. The molecular formula is C11H17BrN2O2S. The molecule has 96 valence electrons. The van der Waals surface area contributed by atoms with E-state index < -0.39 is 10.0 Å². The zero-order valence-electron chi connectivity index (χ0n) is 9.90. The number of hydrogen-bond donors (Lipinski definition) is 2. The number of rotatable bonds is 5. The summed E-state index contributed by atoms with van der Waals surface area (Å²) in [6, 6.07) is 4.66. The maximum absolute atomic E-state index is 12.0. The Morgan fingerprint density at radius 1 is 1.47 bits per heavy atom. The highest BCUT2D eigenvalue weighted by Gasteiger charge is 2.19. The molecule has 0 aliphatic heterocycles. The van der Waals surface area contributed by atoms with Gasteiger partial charge in [-0.15, -0.1) is 0 Å². The number of nitrogen functional groups attached to an aromatic ring is 1. The summed E-state index contributed by atoms with van der Waals surface area (Å²) in [6.45, 7) is 3.86. The van der Waals surface area contributed by atoms with Crippen molar-refractivity contribution in [1.29, 1.82) is 0 Å².